The van der Waals surface area contributed by atoms with Crippen LogP contribution in [0.15, 0.2) is 48.5 Å². The van der Waals surface area contributed by atoms with Crippen LogP contribution in [0.2, 0.25) is 0 Å². The first-order chi connectivity index (χ1) is 13.3. The van der Waals surface area contributed by atoms with Crippen molar-refractivity contribution in [3.05, 3.63) is 59.7 Å². The minimum atomic E-state index is -2.14. The Balaban J connectivity index is 2.58. The van der Waals surface area contributed by atoms with Gasteiger partial charge in [-0.05, 0) is 49.6 Å². The van der Waals surface area contributed by atoms with Crippen LogP contribution in [0.4, 0.5) is 0 Å². The first kappa shape index (κ1) is 21.3. The van der Waals surface area contributed by atoms with Gasteiger partial charge in [-0.15, -0.1) is 0 Å². The molecule has 0 aliphatic rings. The third-order valence-electron chi connectivity index (χ3n) is 4.22. The second-order valence-electron chi connectivity index (χ2n) is 6.49. The van der Waals surface area contributed by atoms with E-state index in [0.29, 0.717) is 11.7 Å². The van der Waals surface area contributed by atoms with Crippen molar-refractivity contribution < 1.29 is 28.9 Å². The molecule has 6 nitrogen and oxygen atoms in total. The molecule has 0 unspecified atom stereocenters. The van der Waals surface area contributed by atoms with Gasteiger partial charge in [0, 0.05) is 5.56 Å². The second kappa shape index (κ2) is 9.26. The fraction of sp³-hybridized carbons (Fsp3) is 0.364. The molecule has 6 heteroatoms. The average molecular weight is 386 g/mol. The average Bonchev–Trinajstić information content (AvgIpc) is 2.67. The van der Waals surface area contributed by atoms with Gasteiger partial charge in [0.15, 0.2) is 0 Å². The van der Waals surface area contributed by atoms with E-state index < -0.39 is 17.5 Å². The summed E-state index contributed by atoms with van der Waals surface area (Å²) in [7, 11) is 0. The molecule has 0 bridgehead atoms. The van der Waals surface area contributed by atoms with Crippen LogP contribution in [0, 0.1) is 0 Å². The number of esters is 2. The predicted molar refractivity (Wildman–Crippen MR) is 104 cm³/mol. The highest BCUT2D eigenvalue weighted by molar-refractivity contribution is 6.05. The Morgan fingerprint density at radius 3 is 1.82 bits per heavy atom. The van der Waals surface area contributed by atoms with Crippen LogP contribution in [0.5, 0.6) is 11.5 Å². The minimum Gasteiger partial charge on any atom is -0.508 e. The summed E-state index contributed by atoms with van der Waals surface area (Å²) >= 11 is 0. The van der Waals surface area contributed by atoms with Gasteiger partial charge in [0.2, 0.25) is 0 Å². The van der Waals surface area contributed by atoms with Crippen molar-refractivity contribution in [3.63, 3.8) is 0 Å². The summed E-state index contributed by atoms with van der Waals surface area (Å²) < 4.78 is 16.3. The Morgan fingerprint density at radius 2 is 1.39 bits per heavy atom. The van der Waals surface area contributed by atoms with Gasteiger partial charge in [0.1, 0.15) is 11.5 Å². The van der Waals surface area contributed by atoms with E-state index in [0.717, 1.165) is 5.56 Å². The Kier molecular flexibility index (Phi) is 7.04. The molecule has 2 rings (SSSR count). The van der Waals surface area contributed by atoms with Crippen molar-refractivity contribution >= 4 is 11.9 Å². The Hall–Kier alpha value is -3.02. The maximum Gasteiger partial charge on any atom is 0.367 e. The van der Waals surface area contributed by atoms with E-state index in [1.165, 1.54) is 24.3 Å². The van der Waals surface area contributed by atoms with Gasteiger partial charge in [0.25, 0.3) is 0 Å². The van der Waals surface area contributed by atoms with E-state index in [1.807, 2.05) is 12.1 Å². The molecule has 0 aliphatic heterocycles. The lowest BCUT2D eigenvalue weighted by Gasteiger charge is -2.30. The van der Waals surface area contributed by atoms with Crippen LogP contribution in [-0.4, -0.2) is 30.3 Å². The molecule has 0 saturated carbocycles. The molecule has 0 amide bonds. The summed E-state index contributed by atoms with van der Waals surface area (Å²) in [5.74, 6) is -1.13. The Bertz CT molecular complexity index is 775. The zero-order valence-corrected chi connectivity index (χ0v) is 16.6. The van der Waals surface area contributed by atoms with Gasteiger partial charge in [-0.25, -0.2) is 9.59 Å². The summed E-state index contributed by atoms with van der Waals surface area (Å²) in [5.41, 5.74) is -0.844. The highest BCUT2D eigenvalue weighted by Crippen LogP contribution is 2.33. The van der Waals surface area contributed by atoms with Gasteiger partial charge in [-0.1, -0.05) is 38.1 Å². The summed E-state index contributed by atoms with van der Waals surface area (Å²) in [6.45, 7) is 7.53. The number of benzene rings is 2. The van der Waals surface area contributed by atoms with Crippen molar-refractivity contribution in [2.24, 2.45) is 0 Å². The summed E-state index contributed by atoms with van der Waals surface area (Å²) in [5, 5.41) is 9.61. The van der Waals surface area contributed by atoms with E-state index in [-0.39, 0.29) is 24.5 Å². The van der Waals surface area contributed by atoms with Crippen LogP contribution in [0.25, 0.3) is 0 Å². The molecule has 2 aromatic carbocycles. The molecule has 0 radical (unpaired) electrons. The molecule has 150 valence electrons. The lowest BCUT2D eigenvalue weighted by atomic mass is 9.93. The fourth-order valence-corrected chi connectivity index (χ4v) is 2.72. The number of phenolic OH excluding ortho intramolecular Hbond substituents is 1. The third kappa shape index (κ3) is 4.44. The van der Waals surface area contributed by atoms with Crippen molar-refractivity contribution in [1.29, 1.82) is 0 Å². The largest absolute Gasteiger partial charge is 0.508 e. The van der Waals surface area contributed by atoms with Crippen LogP contribution < -0.4 is 4.74 Å². The van der Waals surface area contributed by atoms with E-state index in [4.69, 9.17) is 14.2 Å². The first-order valence-electron chi connectivity index (χ1n) is 9.28. The SMILES string of the molecule is CCOC(=O)C(Oc1ccc(C(C)C)cc1)(C(=O)OCC)c1ccc(O)cc1. The number of carbonyl (C=O) groups is 2. The third-order valence-corrected chi connectivity index (χ3v) is 4.22. The second-order valence-corrected chi connectivity index (χ2v) is 6.49. The molecule has 2 aromatic rings. The zero-order valence-electron chi connectivity index (χ0n) is 16.6. The lowest BCUT2D eigenvalue weighted by Crippen LogP contribution is -2.51. The molecule has 0 fully saturated rings. The smallest absolute Gasteiger partial charge is 0.367 e. The van der Waals surface area contributed by atoms with E-state index in [9.17, 15) is 14.7 Å². The number of carbonyl (C=O) groups excluding carboxylic acids is 2. The van der Waals surface area contributed by atoms with E-state index in [1.54, 1.807) is 26.0 Å². The van der Waals surface area contributed by atoms with Gasteiger partial charge in [-0.2, -0.15) is 0 Å². The molecule has 0 aromatic heterocycles. The standard InChI is InChI=1S/C22H26O6/c1-5-26-20(24)22(21(25)27-6-2,17-9-11-18(23)12-10-17)28-19-13-7-16(8-14-19)15(3)4/h7-15,23H,5-6H2,1-4H3. The van der Waals surface area contributed by atoms with Gasteiger partial charge in [0.05, 0.1) is 13.2 Å². The number of phenols is 1. The predicted octanol–water partition coefficient (Wildman–Crippen LogP) is 3.92. The summed E-state index contributed by atoms with van der Waals surface area (Å²) in [6, 6.07) is 12.8. The first-order valence-corrected chi connectivity index (χ1v) is 9.28. The topological polar surface area (TPSA) is 82.1 Å². The van der Waals surface area contributed by atoms with E-state index in [2.05, 4.69) is 13.8 Å². The number of hydrogen-bond acceptors (Lipinski definition) is 6. The quantitative estimate of drug-likeness (QED) is 0.547. The van der Waals surface area contributed by atoms with Crippen LogP contribution in [0.3, 0.4) is 0 Å². The van der Waals surface area contributed by atoms with Crippen LogP contribution in [0.1, 0.15) is 44.7 Å². The van der Waals surface area contributed by atoms with Gasteiger partial charge < -0.3 is 19.3 Å². The number of ether oxygens (including phenoxy) is 3. The Morgan fingerprint density at radius 1 is 0.893 bits per heavy atom. The highest BCUT2D eigenvalue weighted by atomic mass is 16.6. The van der Waals surface area contributed by atoms with Crippen molar-refractivity contribution in [2.45, 2.75) is 39.2 Å². The zero-order chi connectivity index (χ0) is 20.7. The lowest BCUT2D eigenvalue weighted by molar-refractivity contribution is -0.181. The molecular weight excluding hydrogens is 360 g/mol. The minimum absolute atomic E-state index is 0.00773. The van der Waals surface area contributed by atoms with Gasteiger partial charge >= 0.3 is 17.5 Å². The van der Waals surface area contributed by atoms with Crippen molar-refractivity contribution in [3.8, 4) is 11.5 Å². The Labute approximate surface area is 165 Å². The number of hydrogen-bond donors (Lipinski definition) is 1. The molecule has 28 heavy (non-hydrogen) atoms. The monoisotopic (exact) mass is 386 g/mol. The maximum absolute atomic E-state index is 12.9. The molecular formula is C22H26O6. The van der Waals surface area contributed by atoms with Crippen LogP contribution in [-0.2, 0) is 24.7 Å². The molecule has 0 heterocycles. The van der Waals surface area contributed by atoms with E-state index >= 15 is 0 Å². The number of aromatic hydroxyl groups is 1. The number of rotatable bonds is 8. The van der Waals surface area contributed by atoms with Crippen molar-refractivity contribution in [2.75, 3.05) is 13.2 Å². The normalized spacial score (nSPS) is 11.2. The van der Waals surface area contributed by atoms with Gasteiger partial charge in [-0.3, -0.25) is 0 Å². The highest BCUT2D eigenvalue weighted by Gasteiger charge is 2.54. The summed E-state index contributed by atoms with van der Waals surface area (Å²) in [4.78, 5) is 25.9. The summed E-state index contributed by atoms with van der Waals surface area (Å²) in [6.07, 6.45) is 0. The fourth-order valence-electron chi connectivity index (χ4n) is 2.72. The molecule has 0 aliphatic carbocycles. The maximum atomic E-state index is 12.9. The molecule has 0 saturated heterocycles. The molecule has 1 N–H and O–H groups in total. The molecule has 0 atom stereocenters. The van der Waals surface area contributed by atoms with Crippen LogP contribution >= 0.6 is 0 Å². The molecule has 0 spiro atoms. The van der Waals surface area contributed by atoms with Crippen molar-refractivity contribution in [1.82, 2.24) is 0 Å².